The van der Waals surface area contributed by atoms with Crippen LogP contribution in [0.25, 0.3) is 0 Å². The molecule has 3 N–H and O–H groups in total. The Morgan fingerprint density at radius 3 is 2.82 bits per heavy atom. The van der Waals surface area contributed by atoms with Crippen LogP contribution in [0.3, 0.4) is 0 Å². The number of carbonyl (C=O) groups excluding carboxylic acids is 1. The standard InChI is InChI=1S/C12H14ClFN2O/c13-9-7-8(1-2-10(9)14)3-6-16-11(17)12(15)4-5-12/h1-2,7H,3-6,15H2,(H,16,17). The smallest absolute Gasteiger partial charge is 0.240 e. The molecule has 0 bridgehead atoms. The summed E-state index contributed by atoms with van der Waals surface area (Å²) in [5.74, 6) is -0.538. The van der Waals surface area contributed by atoms with Gasteiger partial charge in [0.15, 0.2) is 0 Å². The highest BCUT2D eigenvalue weighted by Gasteiger charge is 2.45. The van der Waals surface area contributed by atoms with Gasteiger partial charge in [-0.3, -0.25) is 4.79 Å². The molecule has 0 heterocycles. The zero-order valence-electron chi connectivity index (χ0n) is 9.30. The first-order valence-electron chi connectivity index (χ1n) is 5.52. The minimum Gasteiger partial charge on any atom is -0.354 e. The summed E-state index contributed by atoms with van der Waals surface area (Å²) in [5.41, 5.74) is 5.98. The first kappa shape index (κ1) is 12.3. The number of amides is 1. The fraction of sp³-hybridized carbons (Fsp3) is 0.417. The predicted molar refractivity (Wildman–Crippen MR) is 64.3 cm³/mol. The SMILES string of the molecule is NC1(C(=O)NCCc2ccc(F)c(Cl)c2)CC1. The highest BCUT2D eigenvalue weighted by atomic mass is 35.5. The topological polar surface area (TPSA) is 55.1 Å². The second-order valence-corrected chi connectivity index (χ2v) is 4.82. The Bertz CT molecular complexity index is 446. The van der Waals surface area contributed by atoms with E-state index >= 15 is 0 Å². The van der Waals surface area contributed by atoms with Gasteiger partial charge in [0.05, 0.1) is 10.6 Å². The summed E-state index contributed by atoms with van der Waals surface area (Å²) in [6.07, 6.45) is 2.12. The second-order valence-electron chi connectivity index (χ2n) is 4.41. The van der Waals surface area contributed by atoms with Crippen LogP contribution in [-0.2, 0) is 11.2 Å². The van der Waals surface area contributed by atoms with Crippen molar-refractivity contribution >= 4 is 17.5 Å². The van der Waals surface area contributed by atoms with Crippen molar-refractivity contribution in [1.82, 2.24) is 5.32 Å². The molecule has 0 aromatic heterocycles. The number of carbonyl (C=O) groups is 1. The van der Waals surface area contributed by atoms with Crippen LogP contribution in [0.2, 0.25) is 5.02 Å². The molecule has 92 valence electrons. The third kappa shape index (κ3) is 2.96. The third-order valence-electron chi connectivity index (χ3n) is 2.92. The Labute approximate surface area is 104 Å². The van der Waals surface area contributed by atoms with Gasteiger partial charge in [-0.15, -0.1) is 0 Å². The molecule has 1 aliphatic rings. The van der Waals surface area contributed by atoms with Crippen molar-refractivity contribution in [2.24, 2.45) is 5.73 Å². The quantitative estimate of drug-likeness (QED) is 0.860. The van der Waals surface area contributed by atoms with E-state index in [1.54, 1.807) is 12.1 Å². The van der Waals surface area contributed by atoms with Gasteiger partial charge in [-0.05, 0) is 37.0 Å². The van der Waals surface area contributed by atoms with E-state index in [1.165, 1.54) is 6.07 Å². The molecular weight excluding hydrogens is 243 g/mol. The Balaban J connectivity index is 1.82. The average Bonchev–Trinajstić information content (AvgIpc) is 3.03. The molecule has 0 aliphatic heterocycles. The molecular formula is C12H14ClFN2O. The van der Waals surface area contributed by atoms with Crippen molar-refractivity contribution in [3.05, 3.63) is 34.6 Å². The van der Waals surface area contributed by atoms with Crippen LogP contribution in [0.5, 0.6) is 0 Å². The lowest BCUT2D eigenvalue weighted by molar-refractivity contribution is -0.123. The number of nitrogens with two attached hydrogens (primary N) is 1. The lowest BCUT2D eigenvalue weighted by Gasteiger charge is -2.10. The molecule has 0 saturated heterocycles. The third-order valence-corrected chi connectivity index (χ3v) is 3.21. The van der Waals surface area contributed by atoms with Crippen molar-refractivity contribution in [3.8, 4) is 0 Å². The first-order valence-corrected chi connectivity index (χ1v) is 5.90. The molecule has 2 rings (SSSR count). The van der Waals surface area contributed by atoms with Crippen molar-refractivity contribution < 1.29 is 9.18 Å². The Hall–Kier alpha value is -1.13. The Morgan fingerprint density at radius 2 is 2.24 bits per heavy atom. The maximum absolute atomic E-state index is 12.9. The highest BCUT2D eigenvalue weighted by molar-refractivity contribution is 6.30. The number of hydrogen-bond acceptors (Lipinski definition) is 2. The van der Waals surface area contributed by atoms with Crippen LogP contribution in [0.4, 0.5) is 4.39 Å². The summed E-state index contributed by atoms with van der Waals surface area (Å²) in [6, 6.07) is 4.55. The fourth-order valence-corrected chi connectivity index (χ4v) is 1.76. The molecule has 5 heteroatoms. The van der Waals surface area contributed by atoms with Gasteiger partial charge in [0.2, 0.25) is 5.91 Å². The molecule has 1 fully saturated rings. The van der Waals surface area contributed by atoms with Gasteiger partial charge in [-0.1, -0.05) is 17.7 Å². The Morgan fingerprint density at radius 1 is 1.53 bits per heavy atom. The van der Waals surface area contributed by atoms with E-state index in [-0.39, 0.29) is 10.9 Å². The lowest BCUT2D eigenvalue weighted by Crippen LogP contribution is -2.43. The minimum atomic E-state index is -0.638. The molecule has 0 atom stereocenters. The molecule has 0 unspecified atom stereocenters. The zero-order chi connectivity index (χ0) is 12.5. The fourth-order valence-electron chi connectivity index (χ4n) is 1.55. The summed E-state index contributed by atoms with van der Waals surface area (Å²) in [6.45, 7) is 0.486. The minimum absolute atomic E-state index is 0.103. The Kier molecular flexibility index (Phi) is 3.35. The van der Waals surface area contributed by atoms with Crippen LogP contribution < -0.4 is 11.1 Å². The molecule has 0 spiro atoms. The molecule has 1 aromatic carbocycles. The van der Waals surface area contributed by atoms with E-state index in [0.717, 1.165) is 18.4 Å². The van der Waals surface area contributed by atoms with Gasteiger partial charge in [0.25, 0.3) is 0 Å². The molecule has 1 aliphatic carbocycles. The van der Waals surface area contributed by atoms with Crippen LogP contribution in [0.15, 0.2) is 18.2 Å². The number of rotatable bonds is 4. The average molecular weight is 257 g/mol. The summed E-state index contributed by atoms with van der Waals surface area (Å²) >= 11 is 5.66. The molecule has 0 radical (unpaired) electrons. The summed E-state index contributed by atoms with van der Waals surface area (Å²) in [4.78, 5) is 11.5. The van der Waals surface area contributed by atoms with E-state index in [0.29, 0.717) is 13.0 Å². The molecule has 3 nitrogen and oxygen atoms in total. The monoisotopic (exact) mass is 256 g/mol. The van der Waals surface area contributed by atoms with Crippen LogP contribution in [-0.4, -0.2) is 18.0 Å². The predicted octanol–water partition coefficient (Wildman–Crippen LogP) is 1.63. The maximum Gasteiger partial charge on any atom is 0.240 e. The van der Waals surface area contributed by atoms with Gasteiger partial charge in [-0.25, -0.2) is 4.39 Å². The van der Waals surface area contributed by atoms with E-state index in [1.807, 2.05) is 0 Å². The summed E-state index contributed by atoms with van der Waals surface area (Å²) < 4.78 is 12.9. The zero-order valence-corrected chi connectivity index (χ0v) is 10.1. The van der Waals surface area contributed by atoms with E-state index in [4.69, 9.17) is 17.3 Å². The van der Waals surface area contributed by atoms with Crippen LogP contribution >= 0.6 is 11.6 Å². The van der Waals surface area contributed by atoms with Crippen LogP contribution in [0, 0.1) is 5.82 Å². The van der Waals surface area contributed by atoms with Gasteiger partial charge in [0.1, 0.15) is 5.82 Å². The summed E-state index contributed by atoms with van der Waals surface area (Å²) in [5, 5.41) is 2.87. The molecule has 1 amide bonds. The molecule has 1 saturated carbocycles. The van der Waals surface area contributed by atoms with E-state index < -0.39 is 11.4 Å². The largest absolute Gasteiger partial charge is 0.354 e. The van der Waals surface area contributed by atoms with Crippen molar-refractivity contribution in [2.75, 3.05) is 6.54 Å². The number of hydrogen-bond donors (Lipinski definition) is 2. The normalized spacial score (nSPS) is 16.6. The van der Waals surface area contributed by atoms with Crippen molar-refractivity contribution in [1.29, 1.82) is 0 Å². The first-order chi connectivity index (χ1) is 8.01. The molecule has 17 heavy (non-hydrogen) atoms. The number of halogens is 2. The van der Waals surface area contributed by atoms with Gasteiger partial charge in [-0.2, -0.15) is 0 Å². The highest BCUT2D eigenvalue weighted by Crippen LogP contribution is 2.31. The maximum atomic E-state index is 12.9. The van der Waals surface area contributed by atoms with Crippen molar-refractivity contribution in [2.45, 2.75) is 24.8 Å². The number of nitrogens with one attached hydrogen (secondary N) is 1. The van der Waals surface area contributed by atoms with Gasteiger partial charge in [0, 0.05) is 6.54 Å². The van der Waals surface area contributed by atoms with E-state index in [9.17, 15) is 9.18 Å². The van der Waals surface area contributed by atoms with Gasteiger partial charge >= 0.3 is 0 Å². The molecule has 1 aromatic rings. The van der Waals surface area contributed by atoms with Crippen molar-refractivity contribution in [3.63, 3.8) is 0 Å². The lowest BCUT2D eigenvalue weighted by atomic mass is 10.1. The second kappa shape index (κ2) is 4.63. The summed E-state index contributed by atoms with van der Waals surface area (Å²) in [7, 11) is 0. The van der Waals surface area contributed by atoms with Gasteiger partial charge < -0.3 is 11.1 Å². The van der Waals surface area contributed by atoms with E-state index in [2.05, 4.69) is 5.32 Å². The number of benzene rings is 1. The van der Waals surface area contributed by atoms with Crippen LogP contribution in [0.1, 0.15) is 18.4 Å².